The van der Waals surface area contributed by atoms with Gasteiger partial charge in [-0.3, -0.25) is 9.48 Å². The minimum Gasteiger partial charge on any atom is -0.497 e. The topological polar surface area (TPSA) is 59.4 Å². The van der Waals surface area contributed by atoms with E-state index in [1.54, 1.807) is 7.11 Å². The predicted octanol–water partition coefficient (Wildman–Crippen LogP) is 7.43. The number of nitrogens with zero attached hydrogens (tertiary/aromatic N) is 3. The molecule has 0 bridgehead atoms. The van der Waals surface area contributed by atoms with E-state index in [0.717, 1.165) is 70.5 Å². The molecule has 1 aromatic heterocycles. The minimum absolute atomic E-state index is 0.136. The molecular weight excluding hydrogens is 472 g/mol. The number of piperidine rings is 1. The number of unbranched alkanes of at least 4 members (excludes halogenated alkanes) is 1. The Kier molecular flexibility index (Phi) is 17.5. The summed E-state index contributed by atoms with van der Waals surface area (Å²) in [7, 11) is 1.69. The molecule has 6 heteroatoms. The minimum atomic E-state index is 0.136. The molecule has 1 saturated heterocycles. The molecule has 1 atom stereocenters. The van der Waals surface area contributed by atoms with E-state index < -0.39 is 0 Å². The van der Waals surface area contributed by atoms with E-state index in [4.69, 9.17) is 9.84 Å². The largest absolute Gasteiger partial charge is 0.497 e. The number of nitrogens with one attached hydrogen (secondary N) is 1. The number of amides is 1. The molecule has 4 rings (SSSR count). The highest BCUT2D eigenvalue weighted by atomic mass is 16.5. The highest BCUT2D eigenvalue weighted by Gasteiger charge is 2.31. The van der Waals surface area contributed by atoms with Gasteiger partial charge in [-0.2, -0.15) is 5.10 Å². The van der Waals surface area contributed by atoms with E-state index in [1.807, 2.05) is 44.7 Å². The van der Waals surface area contributed by atoms with E-state index >= 15 is 0 Å². The van der Waals surface area contributed by atoms with Gasteiger partial charge in [0, 0.05) is 43.5 Å². The van der Waals surface area contributed by atoms with Crippen LogP contribution in [0.15, 0.2) is 24.3 Å². The molecule has 1 fully saturated rings. The summed E-state index contributed by atoms with van der Waals surface area (Å²) in [5, 5.41) is 8.51. The van der Waals surface area contributed by atoms with Crippen LogP contribution in [0.3, 0.4) is 0 Å². The SMILES string of the molecule is CC.CC.CCCC.CCCn1nc(C(=O)N2CCCCC2)c2c1CCC(NCc1ccc(OC)cc1)C2. The average Bonchev–Trinajstić information content (AvgIpc) is 3.36. The van der Waals surface area contributed by atoms with Crippen molar-refractivity contribution < 1.29 is 9.53 Å². The van der Waals surface area contributed by atoms with E-state index in [-0.39, 0.29) is 5.91 Å². The van der Waals surface area contributed by atoms with Crippen LogP contribution in [0.5, 0.6) is 5.75 Å². The first-order chi connectivity index (χ1) is 18.6. The second-order valence-corrected chi connectivity index (χ2v) is 9.52. The Morgan fingerprint density at radius 1 is 0.974 bits per heavy atom. The van der Waals surface area contributed by atoms with Crippen LogP contribution in [0.4, 0.5) is 0 Å². The van der Waals surface area contributed by atoms with Crippen molar-refractivity contribution in [2.45, 2.75) is 125 Å². The molecule has 1 aliphatic carbocycles. The first kappa shape index (κ1) is 33.7. The summed E-state index contributed by atoms with van der Waals surface area (Å²) in [5.41, 5.74) is 4.40. The van der Waals surface area contributed by atoms with Crippen LogP contribution in [-0.2, 0) is 25.9 Å². The third-order valence-corrected chi connectivity index (χ3v) is 6.88. The maximum absolute atomic E-state index is 13.3. The van der Waals surface area contributed by atoms with Crippen molar-refractivity contribution in [1.82, 2.24) is 20.0 Å². The molecule has 1 aromatic carbocycles. The molecule has 216 valence electrons. The number of hydrogen-bond donors (Lipinski definition) is 1. The molecule has 2 aromatic rings. The number of aromatic nitrogens is 2. The molecule has 0 spiro atoms. The molecule has 0 saturated carbocycles. The van der Waals surface area contributed by atoms with Crippen molar-refractivity contribution in [3.63, 3.8) is 0 Å². The third kappa shape index (κ3) is 10.1. The molecule has 0 radical (unpaired) electrons. The quantitative estimate of drug-likeness (QED) is 0.387. The molecule has 2 heterocycles. The van der Waals surface area contributed by atoms with Gasteiger partial charge in [-0.25, -0.2) is 0 Å². The van der Waals surface area contributed by atoms with Crippen molar-refractivity contribution >= 4 is 5.91 Å². The van der Waals surface area contributed by atoms with Crippen molar-refractivity contribution in [2.24, 2.45) is 0 Å². The fraction of sp³-hybridized carbons (Fsp3) is 0.688. The van der Waals surface area contributed by atoms with Gasteiger partial charge < -0.3 is 15.0 Å². The highest BCUT2D eigenvalue weighted by molar-refractivity contribution is 5.94. The van der Waals surface area contributed by atoms with Crippen LogP contribution < -0.4 is 10.1 Å². The number of likely N-dealkylation sites (tertiary alicyclic amines) is 1. The summed E-state index contributed by atoms with van der Waals surface area (Å²) >= 11 is 0. The average molecular weight is 529 g/mol. The lowest BCUT2D eigenvalue weighted by Gasteiger charge is -2.28. The summed E-state index contributed by atoms with van der Waals surface area (Å²) in [4.78, 5) is 15.3. The zero-order valence-electron chi connectivity index (χ0n) is 25.7. The molecule has 1 unspecified atom stereocenters. The number of carbonyl (C=O) groups is 1. The fourth-order valence-corrected chi connectivity index (χ4v) is 4.68. The Morgan fingerprint density at radius 2 is 1.61 bits per heavy atom. The van der Waals surface area contributed by atoms with Crippen molar-refractivity contribution in [3.8, 4) is 5.75 Å². The number of carbonyl (C=O) groups excluding carboxylic acids is 1. The lowest BCUT2D eigenvalue weighted by atomic mass is 9.90. The number of ether oxygens (including phenoxy) is 1. The predicted molar refractivity (Wildman–Crippen MR) is 161 cm³/mol. The van der Waals surface area contributed by atoms with Gasteiger partial charge in [-0.1, -0.05) is 73.4 Å². The Morgan fingerprint density at radius 3 is 2.16 bits per heavy atom. The summed E-state index contributed by atoms with van der Waals surface area (Å²) in [6.07, 6.45) is 10.1. The molecule has 6 nitrogen and oxygen atoms in total. The van der Waals surface area contributed by atoms with Crippen LogP contribution in [0.2, 0.25) is 0 Å². The van der Waals surface area contributed by atoms with E-state index in [2.05, 4.69) is 42.9 Å². The Hall–Kier alpha value is -2.34. The van der Waals surface area contributed by atoms with Crippen molar-refractivity contribution in [1.29, 1.82) is 0 Å². The number of aryl methyl sites for hydroxylation is 1. The van der Waals surface area contributed by atoms with Crippen LogP contribution in [0.1, 0.15) is 121 Å². The summed E-state index contributed by atoms with van der Waals surface area (Å²) in [6, 6.07) is 8.57. The fourth-order valence-electron chi connectivity index (χ4n) is 4.68. The molecule has 1 N–H and O–H groups in total. The zero-order valence-corrected chi connectivity index (χ0v) is 25.7. The first-order valence-electron chi connectivity index (χ1n) is 15.3. The third-order valence-electron chi connectivity index (χ3n) is 6.88. The Labute approximate surface area is 233 Å². The lowest BCUT2D eigenvalue weighted by Crippen LogP contribution is -2.38. The zero-order chi connectivity index (χ0) is 28.3. The maximum Gasteiger partial charge on any atom is 0.274 e. The smallest absolute Gasteiger partial charge is 0.274 e. The van der Waals surface area contributed by atoms with Crippen LogP contribution in [-0.4, -0.2) is 46.8 Å². The monoisotopic (exact) mass is 528 g/mol. The Balaban J connectivity index is 0.000000811. The molecule has 2 aliphatic rings. The van der Waals surface area contributed by atoms with Crippen LogP contribution >= 0.6 is 0 Å². The summed E-state index contributed by atoms with van der Waals surface area (Å²) in [5.74, 6) is 1.02. The van der Waals surface area contributed by atoms with Crippen molar-refractivity contribution in [3.05, 3.63) is 46.8 Å². The highest BCUT2D eigenvalue weighted by Crippen LogP contribution is 2.27. The second-order valence-electron chi connectivity index (χ2n) is 9.52. The maximum atomic E-state index is 13.3. The Bertz CT molecular complexity index is 884. The van der Waals surface area contributed by atoms with Crippen molar-refractivity contribution in [2.75, 3.05) is 20.2 Å². The molecule has 38 heavy (non-hydrogen) atoms. The lowest BCUT2D eigenvalue weighted by molar-refractivity contribution is 0.0716. The number of hydrogen-bond acceptors (Lipinski definition) is 4. The van der Waals surface area contributed by atoms with Gasteiger partial charge in [0.1, 0.15) is 5.75 Å². The summed E-state index contributed by atoms with van der Waals surface area (Å²) in [6.45, 7) is 18.0. The van der Waals surface area contributed by atoms with Gasteiger partial charge in [0.25, 0.3) is 5.91 Å². The summed E-state index contributed by atoms with van der Waals surface area (Å²) < 4.78 is 7.35. The van der Waals surface area contributed by atoms with E-state index in [0.29, 0.717) is 11.7 Å². The van der Waals surface area contributed by atoms with Gasteiger partial charge in [0.15, 0.2) is 5.69 Å². The number of fused-ring (bicyclic) bond motifs is 1. The van der Waals surface area contributed by atoms with Gasteiger partial charge >= 0.3 is 0 Å². The number of benzene rings is 1. The van der Waals surface area contributed by atoms with Crippen LogP contribution in [0.25, 0.3) is 0 Å². The van der Waals surface area contributed by atoms with E-state index in [9.17, 15) is 4.79 Å². The van der Waals surface area contributed by atoms with E-state index in [1.165, 1.54) is 36.1 Å². The standard InChI is InChI=1S/C24H34N4O2.C4H10.2C2H6/c1-3-13-28-22-12-9-19(25-17-18-7-10-20(30-2)11-8-18)16-21(22)23(26-28)24(29)27-14-5-4-6-15-27;1-3-4-2;2*1-2/h7-8,10-11,19,25H,3-6,9,12-17H2,1-2H3;3-4H2,1-2H3;2*1-2H3. The van der Waals surface area contributed by atoms with Gasteiger partial charge in [-0.05, 0) is 62.6 Å². The molecular formula is C32H56N4O2. The molecule has 1 aliphatic heterocycles. The molecule has 1 amide bonds. The first-order valence-corrected chi connectivity index (χ1v) is 15.3. The van der Waals surface area contributed by atoms with Gasteiger partial charge in [0.2, 0.25) is 0 Å². The number of methoxy groups -OCH3 is 1. The second kappa shape index (κ2) is 19.7. The normalized spacial score (nSPS) is 16.0. The number of rotatable bonds is 8. The van der Waals surface area contributed by atoms with Crippen LogP contribution in [0, 0.1) is 0 Å². The van der Waals surface area contributed by atoms with Gasteiger partial charge in [-0.15, -0.1) is 0 Å². The van der Waals surface area contributed by atoms with Gasteiger partial charge in [0.05, 0.1) is 7.11 Å².